The van der Waals surface area contributed by atoms with Gasteiger partial charge in [0.2, 0.25) is 0 Å². The molecule has 2 rings (SSSR count). The summed E-state index contributed by atoms with van der Waals surface area (Å²) < 4.78 is 11.1. The fourth-order valence-corrected chi connectivity index (χ4v) is 2.85. The zero-order valence-electron chi connectivity index (χ0n) is 11.0. The monoisotopic (exact) mass is 240 g/mol. The molecule has 0 heterocycles. The molecule has 2 saturated carbocycles. The Morgan fingerprint density at radius 1 is 1.18 bits per heavy atom. The summed E-state index contributed by atoms with van der Waals surface area (Å²) in [6.45, 7) is 4.85. The first-order valence-corrected chi connectivity index (χ1v) is 7.08. The first-order chi connectivity index (χ1) is 8.26. The molecule has 0 amide bonds. The summed E-state index contributed by atoms with van der Waals surface area (Å²) in [5.74, 6) is 0.583. The topological polar surface area (TPSA) is 35.5 Å². The van der Waals surface area contributed by atoms with Gasteiger partial charge < -0.3 is 9.47 Å². The lowest BCUT2D eigenvalue weighted by Crippen LogP contribution is -2.30. The largest absolute Gasteiger partial charge is 0.462 e. The van der Waals surface area contributed by atoms with E-state index in [-0.39, 0.29) is 24.1 Å². The summed E-state index contributed by atoms with van der Waals surface area (Å²) in [6.07, 6.45) is 7.05. The molecule has 98 valence electrons. The van der Waals surface area contributed by atoms with Crippen molar-refractivity contribution in [2.75, 3.05) is 6.61 Å². The van der Waals surface area contributed by atoms with Crippen LogP contribution in [-0.4, -0.2) is 24.8 Å². The summed E-state index contributed by atoms with van der Waals surface area (Å²) in [6, 6.07) is 0. The van der Waals surface area contributed by atoms with E-state index >= 15 is 0 Å². The molecule has 2 fully saturated rings. The molecule has 17 heavy (non-hydrogen) atoms. The quantitative estimate of drug-likeness (QED) is 0.693. The van der Waals surface area contributed by atoms with Gasteiger partial charge in [-0.2, -0.15) is 0 Å². The molecule has 4 atom stereocenters. The van der Waals surface area contributed by atoms with E-state index in [2.05, 4.69) is 6.92 Å². The Bertz CT molecular complexity index is 264. The molecule has 2 aliphatic rings. The number of ether oxygens (including phenoxy) is 2. The lowest BCUT2D eigenvalue weighted by atomic mass is 9.85. The summed E-state index contributed by atoms with van der Waals surface area (Å²) in [5, 5.41) is 0. The standard InChI is InChI=1S/C14H24O3/c1-3-10-7-5-6-8-12(10)17-14(15)11-9-13(11)16-4-2/h10-13H,3-9H2,1-2H3. The van der Waals surface area contributed by atoms with Gasteiger partial charge in [-0.25, -0.2) is 0 Å². The molecule has 0 radical (unpaired) electrons. The molecule has 2 aliphatic carbocycles. The van der Waals surface area contributed by atoms with Gasteiger partial charge >= 0.3 is 5.97 Å². The molecule has 3 nitrogen and oxygen atoms in total. The van der Waals surface area contributed by atoms with Crippen molar-refractivity contribution < 1.29 is 14.3 Å². The highest BCUT2D eigenvalue weighted by atomic mass is 16.6. The lowest BCUT2D eigenvalue weighted by Gasteiger charge is -2.30. The maximum atomic E-state index is 11.9. The Morgan fingerprint density at radius 3 is 2.65 bits per heavy atom. The van der Waals surface area contributed by atoms with Gasteiger partial charge in [0.1, 0.15) is 6.10 Å². The molecule has 0 spiro atoms. The van der Waals surface area contributed by atoms with Crippen LogP contribution < -0.4 is 0 Å². The van der Waals surface area contributed by atoms with Gasteiger partial charge in [-0.3, -0.25) is 4.79 Å². The predicted molar refractivity (Wildman–Crippen MR) is 65.7 cm³/mol. The first kappa shape index (κ1) is 12.9. The number of carbonyl (C=O) groups is 1. The number of hydrogen-bond acceptors (Lipinski definition) is 3. The average molecular weight is 240 g/mol. The third-order valence-electron chi connectivity index (χ3n) is 4.05. The van der Waals surface area contributed by atoms with E-state index in [0.29, 0.717) is 12.5 Å². The van der Waals surface area contributed by atoms with Crippen molar-refractivity contribution >= 4 is 5.97 Å². The van der Waals surface area contributed by atoms with Crippen LogP contribution >= 0.6 is 0 Å². The predicted octanol–water partition coefficient (Wildman–Crippen LogP) is 2.92. The summed E-state index contributed by atoms with van der Waals surface area (Å²) in [7, 11) is 0. The molecule has 0 N–H and O–H groups in total. The van der Waals surface area contributed by atoms with Crippen LogP contribution in [0.2, 0.25) is 0 Å². The minimum atomic E-state index is -0.0196. The Kier molecular flexibility index (Phi) is 4.43. The van der Waals surface area contributed by atoms with E-state index < -0.39 is 0 Å². The van der Waals surface area contributed by atoms with Gasteiger partial charge in [-0.15, -0.1) is 0 Å². The zero-order chi connectivity index (χ0) is 12.3. The van der Waals surface area contributed by atoms with Gasteiger partial charge in [0.05, 0.1) is 12.0 Å². The van der Waals surface area contributed by atoms with Crippen LogP contribution in [0.5, 0.6) is 0 Å². The highest BCUT2D eigenvalue weighted by Gasteiger charge is 2.46. The number of carbonyl (C=O) groups excluding carboxylic acids is 1. The fraction of sp³-hybridized carbons (Fsp3) is 0.929. The number of esters is 1. The molecule has 0 saturated heterocycles. The smallest absolute Gasteiger partial charge is 0.311 e. The van der Waals surface area contributed by atoms with Crippen molar-refractivity contribution in [2.24, 2.45) is 11.8 Å². The van der Waals surface area contributed by atoms with E-state index in [1.165, 1.54) is 19.3 Å². The normalized spacial score (nSPS) is 36.6. The van der Waals surface area contributed by atoms with Crippen molar-refractivity contribution in [2.45, 2.75) is 64.6 Å². The van der Waals surface area contributed by atoms with Crippen LogP contribution in [0.4, 0.5) is 0 Å². The molecule has 0 bridgehead atoms. The Hall–Kier alpha value is -0.570. The van der Waals surface area contributed by atoms with Crippen molar-refractivity contribution in [3.05, 3.63) is 0 Å². The van der Waals surface area contributed by atoms with Gasteiger partial charge in [0, 0.05) is 6.61 Å². The minimum absolute atomic E-state index is 0.0196. The van der Waals surface area contributed by atoms with Gasteiger partial charge in [-0.1, -0.05) is 13.3 Å². The molecular formula is C14H24O3. The second kappa shape index (κ2) is 5.85. The highest BCUT2D eigenvalue weighted by molar-refractivity contribution is 5.76. The third-order valence-corrected chi connectivity index (χ3v) is 4.05. The van der Waals surface area contributed by atoms with Gasteiger partial charge in [0.15, 0.2) is 0 Å². The van der Waals surface area contributed by atoms with Crippen LogP contribution in [-0.2, 0) is 14.3 Å². The molecule has 0 aromatic rings. The molecule has 3 heteroatoms. The summed E-state index contributed by atoms with van der Waals surface area (Å²) in [5.41, 5.74) is 0. The maximum absolute atomic E-state index is 11.9. The Labute approximate surface area is 104 Å². The van der Waals surface area contributed by atoms with Crippen LogP contribution in [0.25, 0.3) is 0 Å². The number of rotatable bonds is 5. The van der Waals surface area contributed by atoms with E-state index in [1.54, 1.807) is 0 Å². The number of hydrogen-bond donors (Lipinski definition) is 0. The van der Waals surface area contributed by atoms with Crippen molar-refractivity contribution in [1.29, 1.82) is 0 Å². The van der Waals surface area contributed by atoms with E-state index in [1.807, 2.05) is 6.92 Å². The maximum Gasteiger partial charge on any atom is 0.311 e. The second-order valence-electron chi connectivity index (χ2n) is 5.26. The van der Waals surface area contributed by atoms with Crippen LogP contribution in [0.1, 0.15) is 52.4 Å². The summed E-state index contributed by atoms with van der Waals surface area (Å²) >= 11 is 0. The minimum Gasteiger partial charge on any atom is -0.462 e. The molecule has 0 aromatic carbocycles. The van der Waals surface area contributed by atoms with Crippen molar-refractivity contribution in [1.82, 2.24) is 0 Å². The first-order valence-electron chi connectivity index (χ1n) is 7.08. The van der Waals surface area contributed by atoms with E-state index in [9.17, 15) is 4.79 Å². The Balaban J connectivity index is 1.78. The van der Waals surface area contributed by atoms with Crippen LogP contribution in [0, 0.1) is 11.8 Å². The third kappa shape index (κ3) is 3.21. The second-order valence-corrected chi connectivity index (χ2v) is 5.26. The lowest BCUT2D eigenvalue weighted by molar-refractivity contribution is -0.156. The molecular weight excluding hydrogens is 216 g/mol. The highest BCUT2D eigenvalue weighted by Crippen LogP contribution is 2.37. The van der Waals surface area contributed by atoms with E-state index in [4.69, 9.17) is 9.47 Å². The molecule has 4 unspecified atom stereocenters. The van der Waals surface area contributed by atoms with Crippen LogP contribution in [0.15, 0.2) is 0 Å². The van der Waals surface area contributed by atoms with E-state index in [0.717, 1.165) is 19.3 Å². The van der Waals surface area contributed by atoms with Gasteiger partial charge in [-0.05, 0) is 44.9 Å². The Morgan fingerprint density at radius 2 is 1.94 bits per heavy atom. The average Bonchev–Trinajstić information content (AvgIpc) is 3.10. The van der Waals surface area contributed by atoms with Gasteiger partial charge in [0.25, 0.3) is 0 Å². The SMILES string of the molecule is CCOC1CC1C(=O)OC1CCCCC1CC. The fourth-order valence-electron chi connectivity index (χ4n) is 2.85. The van der Waals surface area contributed by atoms with Crippen molar-refractivity contribution in [3.8, 4) is 0 Å². The molecule has 0 aliphatic heterocycles. The van der Waals surface area contributed by atoms with Crippen LogP contribution in [0.3, 0.4) is 0 Å². The summed E-state index contributed by atoms with van der Waals surface area (Å²) in [4.78, 5) is 11.9. The van der Waals surface area contributed by atoms with Crippen molar-refractivity contribution in [3.63, 3.8) is 0 Å². The zero-order valence-corrected chi connectivity index (χ0v) is 11.0. The molecule has 0 aromatic heterocycles.